The number of halogens is 1. The van der Waals surface area contributed by atoms with E-state index in [-0.39, 0.29) is 5.82 Å². The summed E-state index contributed by atoms with van der Waals surface area (Å²) in [6.45, 7) is 6.49. The predicted molar refractivity (Wildman–Crippen MR) is 71.0 cm³/mol. The third-order valence-corrected chi connectivity index (χ3v) is 3.88. The van der Waals surface area contributed by atoms with Crippen LogP contribution in [0.1, 0.15) is 52.1 Å². The summed E-state index contributed by atoms with van der Waals surface area (Å²) >= 11 is 0. The van der Waals surface area contributed by atoms with E-state index in [2.05, 4.69) is 29.1 Å². The van der Waals surface area contributed by atoms with Crippen molar-refractivity contribution in [3.63, 3.8) is 0 Å². The number of rotatable bonds is 3. The molecule has 18 heavy (non-hydrogen) atoms. The van der Waals surface area contributed by atoms with Crippen molar-refractivity contribution >= 4 is 5.82 Å². The van der Waals surface area contributed by atoms with E-state index in [0.29, 0.717) is 29.4 Å². The minimum Gasteiger partial charge on any atom is -0.365 e. The van der Waals surface area contributed by atoms with Gasteiger partial charge in [0, 0.05) is 6.04 Å². The van der Waals surface area contributed by atoms with Crippen LogP contribution in [0.15, 0.2) is 6.33 Å². The summed E-state index contributed by atoms with van der Waals surface area (Å²) in [6.07, 6.45) is 6.56. The van der Waals surface area contributed by atoms with Crippen LogP contribution in [0.4, 0.5) is 10.2 Å². The Kier molecular flexibility index (Phi) is 3.83. The first-order valence-electron chi connectivity index (χ1n) is 6.78. The summed E-state index contributed by atoms with van der Waals surface area (Å²) in [5.74, 6) is 0.0800. The molecule has 1 aliphatic carbocycles. The molecule has 1 N–H and O–H groups in total. The smallest absolute Gasteiger partial charge is 0.186 e. The van der Waals surface area contributed by atoms with Crippen molar-refractivity contribution in [2.75, 3.05) is 5.32 Å². The number of anilines is 1. The van der Waals surface area contributed by atoms with Gasteiger partial charge in [-0.25, -0.2) is 14.4 Å². The Morgan fingerprint density at radius 3 is 2.61 bits per heavy atom. The number of nitrogens with zero attached hydrogens (tertiary/aromatic N) is 2. The molecular formula is C14H22FN3. The molecule has 1 fully saturated rings. The Morgan fingerprint density at radius 1 is 1.33 bits per heavy atom. The molecule has 0 aliphatic heterocycles. The van der Waals surface area contributed by atoms with Gasteiger partial charge >= 0.3 is 0 Å². The molecule has 0 bridgehead atoms. The average Bonchev–Trinajstić information content (AvgIpc) is 2.34. The molecule has 4 heteroatoms. The van der Waals surface area contributed by atoms with Crippen molar-refractivity contribution in [1.82, 2.24) is 9.97 Å². The Labute approximate surface area is 108 Å². The highest BCUT2D eigenvalue weighted by molar-refractivity contribution is 5.38. The molecule has 0 unspecified atom stereocenters. The van der Waals surface area contributed by atoms with Crippen molar-refractivity contribution in [2.45, 2.75) is 58.9 Å². The fraction of sp³-hybridized carbons (Fsp3) is 0.714. The van der Waals surface area contributed by atoms with Crippen molar-refractivity contribution < 1.29 is 4.39 Å². The first-order chi connectivity index (χ1) is 8.52. The summed E-state index contributed by atoms with van der Waals surface area (Å²) < 4.78 is 14.0. The molecule has 100 valence electrons. The van der Waals surface area contributed by atoms with E-state index in [1.807, 2.05) is 6.92 Å². The van der Waals surface area contributed by atoms with Crippen LogP contribution in [0.5, 0.6) is 0 Å². The first-order valence-corrected chi connectivity index (χ1v) is 6.78. The quantitative estimate of drug-likeness (QED) is 0.892. The average molecular weight is 251 g/mol. The first kappa shape index (κ1) is 13.2. The molecule has 0 atom stereocenters. The van der Waals surface area contributed by atoms with Gasteiger partial charge in [0.1, 0.15) is 6.33 Å². The normalized spacial score (nSPS) is 19.8. The van der Waals surface area contributed by atoms with Gasteiger partial charge in [-0.2, -0.15) is 0 Å². The molecule has 1 aliphatic rings. The zero-order chi connectivity index (χ0) is 13.2. The van der Waals surface area contributed by atoms with E-state index < -0.39 is 0 Å². The Balaban J connectivity index is 2.02. The van der Waals surface area contributed by atoms with Gasteiger partial charge in [0.15, 0.2) is 11.6 Å². The second-order valence-electron chi connectivity index (χ2n) is 5.92. The highest BCUT2D eigenvalue weighted by Gasteiger charge is 2.27. The van der Waals surface area contributed by atoms with Crippen LogP contribution in [-0.2, 0) is 6.42 Å². The standard InChI is InChI=1S/C14H22FN3/c1-4-11-12(15)13(17-9-16-11)18-10-5-7-14(2,3)8-6-10/h9-10H,4-8H2,1-3H3,(H,16,17,18). The van der Waals surface area contributed by atoms with Gasteiger partial charge in [-0.15, -0.1) is 0 Å². The Morgan fingerprint density at radius 2 is 2.00 bits per heavy atom. The SMILES string of the molecule is CCc1ncnc(NC2CCC(C)(C)CC2)c1F. The van der Waals surface area contributed by atoms with E-state index >= 15 is 0 Å². The number of hydrogen-bond donors (Lipinski definition) is 1. The summed E-state index contributed by atoms with van der Waals surface area (Å²) in [4.78, 5) is 7.97. The van der Waals surface area contributed by atoms with Crippen molar-refractivity contribution in [3.05, 3.63) is 17.8 Å². The largest absolute Gasteiger partial charge is 0.365 e. The van der Waals surface area contributed by atoms with Gasteiger partial charge in [0.05, 0.1) is 5.69 Å². The van der Waals surface area contributed by atoms with Crippen LogP contribution in [0.25, 0.3) is 0 Å². The minimum atomic E-state index is -0.287. The van der Waals surface area contributed by atoms with Gasteiger partial charge in [-0.1, -0.05) is 20.8 Å². The van der Waals surface area contributed by atoms with Crippen molar-refractivity contribution in [3.8, 4) is 0 Å². The molecule has 0 amide bonds. The lowest BCUT2D eigenvalue weighted by atomic mass is 9.75. The third kappa shape index (κ3) is 2.98. The maximum atomic E-state index is 14.0. The van der Waals surface area contributed by atoms with E-state index in [1.165, 1.54) is 19.2 Å². The third-order valence-electron chi connectivity index (χ3n) is 3.88. The molecule has 3 nitrogen and oxygen atoms in total. The molecule has 0 aromatic carbocycles. The van der Waals surface area contributed by atoms with E-state index in [9.17, 15) is 4.39 Å². The van der Waals surface area contributed by atoms with Crippen LogP contribution < -0.4 is 5.32 Å². The van der Waals surface area contributed by atoms with Gasteiger partial charge in [0.2, 0.25) is 0 Å². The van der Waals surface area contributed by atoms with E-state index in [1.54, 1.807) is 0 Å². The topological polar surface area (TPSA) is 37.8 Å². The fourth-order valence-electron chi connectivity index (χ4n) is 2.49. The maximum absolute atomic E-state index is 14.0. The van der Waals surface area contributed by atoms with Crippen LogP contribution in [0.2, 0.25) is 0 Å². The van der Waals surface area contributed by atoms with Crippen LogP contribution in [0.3, 0.4) is 0 Å². The summed E-state index contributed by atoms with van der Waals surface area (Å²) in [7, 11) is 0. The second kappa shape index (κ2) is 5.21. The number of nitrogens with one attached hydrogen (secondary N) is 1. The molecule has 0 saturated heterocycles. The highest BCUT2D eigenvalue weighted by atomic mass is 19.1. The number of aryl methyl sites for hydroxylation is 1. The van der Waals surface area contributed by atoms with Crippen LogP contribution >= 0.6 is 0 Å². The summed E-state index contributed by atoms with van der Waals surface area (Å²) in [6, 6.07) is 0.340. The minimum absolute atomic E-state index is 0.287. The lowest BCUT2D eigenvalue weighted by molar-refractivity contribution is 0.232. The van der Waals surface area contributed by atoms with Gasteiger partial charge in [0.25, 0.3) is 0 Å². The van der Waals surface area contributed by atoms with Gasteiger partial charge < -0.3 is 5.32 Å². The second-order valence-corrected chi connectivity index (χ2v) is 5.92. The molecule has 1 aromatic heterocycles. The van der Waals surface area contributed by atoms with E-state index in [4.69, 9.17) is 0 Å². The van der Waals surface area contributed by atoms with Gasteiger partial charge in [-0.05, 0) is 37.5 Å². The Bertz CT molecular complexity index is 408. The Hall–Kier alpha value is -1.19. The highest BCUT2D eigenvalue weighted by Crippen LogP contribution is 2.36. The lowest BCUT2D eigenvalue weighted by Gasteiger charge is -2.34. The molecule has 0 spiro atoms. The summed E-state index contributed by atoms with van der Waals surface area (Å²) in [5.41, 5.74) is 0.917. The van der Waals surface area contributed by atoms with Gasteiger partial charge in [-0.3, -0.25) is 0 Å². The predicted octanol–water partition coefficient (Wildman–Crippen LogP) is 3.56. The fourth-order valence-corrected chi connectivity index (χ4v) is 2.49. The zero-order valence-corrected chi connectivity index (χ0v) is 11.5. The van der Waals surface area contributed by atoms with Crippen LogP contribution in [0, 0.1) is 11.2 Å². The molecular weight excluding hydrogens is 229 g/mol. The monoisotopic (exact) mass is 251 g/mol. The molecule has 0 radical (unpaired) electrons. The lowest BCUT2D eigenvalue weighted by Crippen LogP contribution is -2.30. The van der Waals surface area contributed by atoms with E-state index in [0.717, 1.165) is 12.8 Å². The van der Waals surface area contributed by atoms with Crippen molar-refractivity contribution in [2.24, 2.45) is 5.41 Å². The molecule has 2 rings (SSSR count). The zero-order valence-electron chi connectivity index (χ0n) is 11.5. The maximum Gasteiger partial charge on any atom is 0.186 e. The van der Waals surface area contributed by atoms with Crippen molar-refractivity contribution in [1.29, 1.82) is 0 Å². The molecule has 1 aromatic rings. The molecule has 1 saturated carbocycles. The molecule has 1 heterocycles. The van der Waals surface area contributed by atoms with Crippen LogP contribution in [-0.4, -0.2) is 16.0 Å². The summed E-state index contributed by atoms with van der Waals surface area (Å²) in [5, 5.41) is 3.24. The number of hydrogen-bond acceptors (Lipinski definition) is 3. The number of aromatic nitrogens is 2.